The van der Waals surface area contributed by atoms with Crippen molar-refractivity contribution in [3.63, 3.8) is 0 Å². The standard InChI is InChI=1S/C20H36.C2H6/c1-5-7-8-17(3)9-12-19(6-2)15-16-20-13-10-18(4)11-14-20;1-2/h9,12,18,20H,5-8,10-11,13-16H2,1-4H3;1-2H3/b17-9-,19-12+;. The zero-order valence-electron chi connectivity index (χ0n) is 16.4. The van der Waals surface area contributed by atoms with Crippen LogP contribution in [0.4, 0.5) is 0 Å². The molecule has 0 aliphatic heterocycles. The smallest absolute Gasteiger partial charge is 0.0315 e. The SMILES string of the molecule is CC.CCCC/C(C)=C\C=C(/CC)CCC1CCC(C)CC1. The first-order valence-corrected chi connectivity index (χ1v) is 10.0. The Morgan fingerprint density at radius 1 is 0.955 bits per heavy atom. The number of rotatable bonds is 8. The van der Waals surface area contributed by atoms with Gasteiger partial charge in [0.1, 0.15) is 0 Å². The Bertz CT molecular complexity index is 300. The molecule has 0 nitrogen and oxygen atoms in total. The molecule has 0 spiro atoms. The summed E-state index contributed by atoms with van der Waals surface area (Å²) in [5.41, 5.74) is 3.20. The van der Waals surface area contributed by atoms with Crippen molar-refractivity contribution in [3.8, 4) is 0 Å². The Morgan fingerprint density at radius 2 is 1.59 bits per heavy atom. The van der Waals surface area contributed by atoms with Crippen molar-refractivity contribution in [1.82, 2.24) is 0 Å². The fourth-order valence-corrected chi connectivity index (χ4v) is 3.18. The second kappa shape index (κ2) is 14.1. The van der Waals surface area contributed by atoms with Crippen LogP contribution in [0.2, 0.25) is 0 Å². The summed E-state index contributed by atoms with van der Waals surface area (Å²) >= 11 is 0. The van der Waals surface area contributed by atoms with E-state index in [2.05, 4.69) is 39.8 Å². The molecule has 0 unspecified atom stereocenters. The van der Waals surface area contributed by atoms with Crippen LogP contribution in [0.15, 0.2) is 23.3 Å². The summed E-state index contributed by atoms with van der Waals surface area (Å²) in [5, 5.41) is 0. The molecular weight excluding hydrogens is 264 g/mol. The van der Waals surface area contributed by atoms with E-state index < -0.39 is 0 Å². The van der Waals surface area contributed by atoms with Crippen LogP contribution < -0.4 is 0 Å². The molecule has 0 aromatic heterocycles. The molecule has 1 aliphatic rings. The lowest BCUT2D eigenvalue weighted by atomic mass is 9.80. The molecular formula is C22H42. The summed E-state index contributed by atoms with van der Waals surface area (Å²) in [7, 11) is 0. The average Bonchev–Trinajstić information content (AvgIpc) is 2.56. The number of unbranched alkanes of at least 4 members (excludes halogenated alkanes) is 1. The summed E-state index contributed by atoms with van der Waals surface area (Å²) in [6, 6.07) is 0. The lowest BCUT2D eigenvalue weighted by Gasteiger charge is -2.26. The molecule has 0 saturated heterocycles. The van der Waals surface area contributed by atoms with Crippen molar-refractivity contribution >= 4 is 0 Å². The lowest BCUT2D eigenvalue weighted by molar-refractivity contribution is 0.277. The number of hydrogen-bond acceptors (Lipinski definition) is 0. The maximum Gasteiger partial charge on any atom is -0.0315 e. The van der Waals surface area contributed by atoms with E-state index in [1.54, 1.807) is 11.1 Å². The van der Waals surface area contributed by atoms with Crippen molar-refractivity contribution in [2.24, 2.45) is 11.8 Å². The van der Waals surface area contributed by atoms with E-state index in [9.17, 15) is 0 Å². The highest BCUT2D eigenvalue weighted by atomic mass is 14.2. The first kappa shape index (κ1) is 21.5. The quantitative estimate of drug-likeness (QED) is 0.397. The van der Waals surface area contributed by atoms with Gasteiger partial charge in [-0.05, 0) is 50.9 Å². The fourth-order valence-electron chi connectivity index (χ4n) is 3.18. The van der Waals surface area contributed by atoms with Crippen LogP contribution in [-0.2, 0) is 0 Å². The van der Waals surface area contributed by atoms with Gasteiger partial charge in [-0.15, -0.1) is 0 Å². The molecule has 0 aromatic carbocycles. The van der Waals surface area contributed by atoms with Gasteiger partial charge in [-0.1, -0.05) is 90.0 Å². The van der Waals surface area contributed by atoms with Gasteiger partial charge in [0.05, 0.1) is 0 Å². The molecule has 0 atom stereocenters. The Labute approximate surface area is 141 Å². The molecule has 0 heteroatoms. The molecule has 0 radical (unpaired) electrons. The van der Waals surface area contributed by atoms with Crippen molar-refractivity contribution in [1.29, 1.82) is 0 Å². The Kier molecular flexibility index (Phi) is 13.8. The first-order valence-electron chi connectivity index (χ1n) is 10.0. The minimum absolute atomic E-state index is 0.983. The molecule has 130 valence electrons. The van der Waals surface area contributed by atoms with Crippen LogP contribution >= 0.6 is 0 Å². The van der Waals surface area contributed by atoms with Crippen molar-refractivity contribution in [3.05, 3.63) is 23.3 Å². The van der Waals surface area contributed by atoms with Crippen LogP contribution in [0.3, 0.4) is 0 Å². The van der Waals surface area contributed by atoms with Gasteiger partial charge in [0.2, 0.25) is 0 Å². The molecule has 0 N–H and O–H groups in total. The lowest BCUT2D eigenvalue weighted by Crippen LogP contribution is -2.12. The van der Waals surface area contributed by atoms with E-state index in [1.807, 2.05) is 13.8 Å². The summed E-state index contributed by atoms with van der Waals surface area (Å²) in [4.78, 5) is 0. The number of allylic oxidation sites excluding steroid dienone is 4. The normalized spacial score (nSPS) is 23.0. The van der Waals surface area contributed by atoms with Gasteiger partial charge in [-0.3, -0.25) is 0 Å². The van der Waals surface area contributed by atoms with Gasteiger partial charge >= 0.3 is 0 Å². The van der Waals surface area contributed by atoms with Crippen LogP contribution in [0.25, 0.3) is 0 Å². The summed E-state index contributed by atoms with van der Waals surface area (Å²) < 4.78 is 0. The highest BCUT2D eigenvalue weighted by molar-refractivity contribution is 5.16. The van der Waals surface area contributed by atoms with Gasteiger partial charge in [-0.25, -0.2) is 0 Å². The third-order valence-electron chi connectivity index (χ3n) is 4.99. The van der Waals surface area contributed by atoms with Gasteiger partial charge in [-0.2, -0.15) is 0 Å². The van der Waals surface area contributed by atoms with Gasteiger partial charge in [0.15, 0.2) is 0 Å². The van der Waals surface area contributed by atoms with E-state index in [0.29, 0.717) is 0 Å². The van der Waals surface area contributed by atoms with E-state index in [-0.39, 0.29) is 0 Å². The van der Waals surface area contributed by atoms with Gasteiger partial charge in [0.25, 0.3) is 0 Å². The average molecular weight is 307 g/mol. The number of hydrogen-bond donors (Lipinski definition) is 0. The van der Waals surface area contributed by atoms with Crippen molar-refractivity contribution < 1.29 is 0 Å². The van der Waals surface area contributed by atoms with Crippen LogP contribution in [-0.4, -0.2) is 0 Å². The topological polar surface area (TPSA) is 0 Å². The van der Waals surface area contributed by atoms with Crippen LogP contribution in [0, 0.1) is 11.8 Å². The summed E-state index contributed by atoms with van der Waals surface area (Å²) in [6.45, 7) is 13.3. The third-order valence-corrected chi connectivity index (χ3v) is 4.99. The monoisotopic (exact) mass is 306 g/mol. The van der Waals surface area contributed by atoms with Crippen LogP contribution in [0.5, 0.6) is 0 Å². The van der Waals surface area contributed by atoms with Crippen LogP contribution in [0.1, 0.15) is 106 Å². The maximum atomic E-state index is 2.41. The largest absolute Gasteiger partial charge is 0.0733 e. The highest BCUT2D eigenvalue weighted by Gasteiger charge is 2.17. The molecule has 0 bridgehead atoms. The first-order chi connectivity index (χ1) is 10.7. The Balaban J connectivity index is 0.00000211. The predicted octanol–water partition coefficient (Wildman–Crippen LogP) is 8.09. The van der Waals surface area contributed by atoms with Crippen molar-refractivity contribution in [2.45, 2.75) is 106 Å². The van der Waals surface area contributed by atoms with Gasteiger partial charge in [0, 0.05) is 0 Å². The molecule has 0 heterocycles. The minimum atomic E-state index is 0.983. The minimum Gasteiger partial charge on any atom is -0.0733 e. The summed E-state index contributed by atoms with van der Waals surface area (Å²) in [6.07, 6.45) is 18.5. The van der Waals surface area contributed by atoms with Crippen molar-refractivity contribution in [2.75, 3.05) is 0 Å². The fraction of sp³-hybridized carbons (Fsp3) is 0.818. The Hall–Kier alpha value is -0.520. The highest BCUT2D eigenvalue weighted by Crippen LogP contribution is 2.32. The molecule has 1 aliphatic carbocycles. The summed E-state index contributed by atoms with van der Waals surface area (Å²) in [5.74, 6) is 1.99. The molecule has 1 saturated carbocycles. The molecule has 0 amide bonds. The zero-order chi connectivity index (χ0) is 16.8. The Morgan fingerprint density at radius 3 is 2.14 bits per heavy atom. The molecule has 0 aromatic rings. The predicted molar refractivity (Wildman–Crippen MR) is 103 cm³/mol. The van der Waals surface area contributed by atoms with Gasteiger partial charge < -0.3 is 0 Å². The molecule has 1 rings (SSSR count). The van der Waals surface area contributed by atoms with E-state index >= 15 is 0 Å². The maximum absolute atomic E-state index is 2.41. The zero-order valence-corrected chi connectivity index (χ0v) is 16.4. The van der Waals surface area contributed by atoms with E-state index in [1.165, 1.54) is 64.2 Å². The third kappa shape index (κ3) is 10.2. The second-order valence-electron chi connectivity index (χ2n) is 6.96. The molecule has 1 fully saturated rings. The second-order valence-corrected chi connectivity index (χ2v) is 6.96. The van der Waals surface area contributed by atoms with E-state index in [0.717, 1.165) is 11.8 Å². The molecule has 22 heavy (non-hydrogen) atoms. The van der Waals surface area contributed by atoms with E-state index in [4.69, 9.17) is 0 Å².